The van der Waals surface area contributed by atoms with E-state index in [0.717, 1.165) is 16.2 Å². The first-order valence-electron chi connectivity index (χ1n) is 7.33. The van der Waals surface area contributed by atoms with Crippen LogP contribution < -0.4 is 0 Å². The summed E-state index contributed by atoms with van der Waals surface area (Å²) in [6, 6.07) is 27.0. The maximum Gasteiger partial charge on any atom is 0.171 e. The number of aromatic amines is 1. The molecule has 4 rings (SSSR count). The van der Waals surface area contributed by atoms with Gasteiger partial charge in [-0.2, -0.15) is 0 Å². The zero-order valence-electron chi connectivity index (χ0n) is 12.3. The molecule has 1 aromatic heterocycles. The number of hydrogen-bond acceptors (Lipinski definition) is 3. The van der Waals surface area contributed by atoms with Gasteiger partial charge in [-0.1, -0.05) is 66.0 Å². The molecule has 0 aliphatic heterocycles. The van der Waals surface area contributed by atoms with Crippen LogP contribution in [0.1, 0.15) is 0 Å². The Hall–Kier alpha value is -2.17. The predicted octanol–water partition coefficient (Wildman–Crippen LogP) is 5.87. The number of aromatic nitrogens is 2. The molecule has 0 aliphatic rings. The lowest BCUT2D eigenvalue weighted by atomic mass is 10.3. The Balaban J connectivity index is 1.67. The fraction of sp³-hybridized carbons (Fsp3) is 0. The molecule has 1 heterocycles. The molecule has 0 unspecified atom stereocenters. The van der Waals surface area contributed by atoms with E-state index >= 15 is 0 Å². The number of benzene rings is 3. The zero-order chi connectivity index (χ0) is 15.5. The Morgan fingerprint density at radius 2 is 1.30 bits per heavy atom. The number of imidazole rings is 1. The van der Waals surface area contributed by atoms with Gasteiger partial charge >= 0.3 is 0 Å². The summed E-state index contributed by atoms with van der Waals surface area (Å²) in [6.07, 6.45) is 0. The molecule has 0 radical (unpaired) electrons. The van der Waals surface area contributed by atoms with Crippen molar-refractivity contribution < 1.29 is 0 Å². The monoisotopic (exact) mass is 334 g/mol. The fourth-order valence-electron chi connectivity index (χ4n) is 2.33. The van der Waals surface area contributed by atoms with E-state index in [1.807, 2.05) is 24.3 Å². The minimum Gasteiger partial charge on any atom is -0.333 e. The maximum atomic E-state index is 4.79. The van der Waals surface area contributed by atoms with Gasteiger partial charge in [0.1, 0.15) is 5.52 Å². The van der Waals surface area contributed by atoms with Gasteiger partial charge in [-0.25, -0.2) is 4.98 Å². The molecule has 4 heteroatoms. The van der Waals surface area contributed by atoms with Gasteiger partial charge in [-0.3, -0.25) is 0 Å². The van der Waals surface area contributed by atoms with Gasteiger partial charge in [-0.15, -0.1) is 0 Å². The molecular weight excluding hydrogens is 320 g/mol. The third-order valence-electron chi connectivity index (χ3n) is 3.38. The Labute approximate surface area is 143 Å². The smallest absolute Gasteiger partial charge is 0.171 e. The van der Waals surface area contributed by atoms with Crippen LogP contribution in [0.2, 0.25) is 0 Å². The number of nitrogens with one attached hydrogen (secondary N) is 1. The van der Waals surface area contributed by atoms with Gasteiger partial charge < -0.3 is 4.98 Å². The van der Waals surface area contributed by atoms with Crippen molar-refractivity contribution in [2.45, 2.75) is 19.8 Å². The number of fused-ring (bicyclic) bond motifs is 1. The van der Waals surface area contributed by atoms with Crippen LogP contribution in [-0.4, -0.2) is 9.97 Å². The second-order valence-electron chi connectivity index (χ2n) is 5.02. The normalized spacial score (nSPS) is 11.0. The molecule has 0 saturated heterocycles. The highest BCUT2D eigenvalue weighted by Crippen LogP contribution is 2.34. The number of para-hydroxylation sites is 1. The molecule has 4 aromatic rings. The summed E-state index contributed by atoms with van der Waals surface area (Å²) in [7, 11) is 0. The molecule has 0 fully saturated rings. The zero-order valence-corrected chi connectivity index (χ0v) is 13.9. The number of H-pyrrole nitrogens is 1. The summed E-state index contributed by atoms with van der Waals surface area (Å²) in [5, 5.41) is 0.923. The molecule has 3 aromatic carbocycles. The molecule has 23 heavy (non-hydrogen) atoms. The molecule has 0 spiro atoms. The maximum absolute atomic E-state index is 4.79. The second kappa shape index (κ2) is 6.52. The van der Waals surface area contributed by atoms with E-state index in [2.05, 4.69) is 59.6 Å². The average molecular weight is 334 g/mol. The van der Waals surface area contributed by atoms with Crippen LogP contribution in [0.3, 0.4) is 0 Å². The summed E-state index contributed by atoms with van der Waals surface area (Å²) >= 11 is 3.40. The van der Waals surface area contributed by atoms with E-state index < -0.39 is 0 Å². The summed E-state index contributed by atoms with van der Waals surface area (Å²) in [5.74, 6) is 0. The second-order valence-corrected chi connectivity index (χ2v) is 7.20. The summed E-state index contributed by atoms with van der Waals surface area (Å²) in [5.41, 5.74) is 2.10. The van der Waals surface area contributed by atoms with Crippen LogP contribution in [0, 0.1) is 0 Å². The molecule has 0 atom stereocenters. The van der Waals surface area contributed by atoms with Crippen LogP contribution in [0.4, 0.5) is 0 Å². The topological polar surface area (TPSA) is 28.7 Å². The van der Waals surface area contributed by atoms with E-state index in [-0.39, 0.29) is 0 Å². The van der Waals surface area contributed by atoms with Crippen molar-refractivity contribution in [2.75, 3.05) is 0 Å². The number of hydrogen-bond donors (Lipinski definition) is 1. The fourth-order valence-corrected chi connectivity index (χ4v) is 4.09. The van der Waals surface area contributed by atoms with Crippen molar-refractivity contribution >= 4 is 34.6 Å². The standard InChI is InChI=1S/C19H14N2S2/c1-3-8-14(9-4-1)22-17-13-7-12-16-18(17)21-19(20-16)23-15-10-5-2-6-11-15/h1-13H,(H,20,21). The molecule has 0 aliphatic carbocycles. The van der Waals surface area contributed by atoms with Crippen molar-refractivity contribution in [1.82, 2.24) is 9.97 Å². The number of rotatable bonds is 4. The SMILES string of the molecule is c1ccc(Sc2nc3c(Sc4ccccc4)cccc3[nH]2)cc1. The van der Waals surface area contributed by atoms with Crippen molar-refractivity contribution in [3.05, 3.63) is 78.9 Å². The molecule has 0 bridgehead atoms. The van der Waals surface area contributed by atoms with Crippen molar-refractivity contribution in [3.8, 4) is 0 Å². The Bertz CT molecular complexity index is 918. The Morgan fingerprint density at radius 1 is 0.652 bits per heavy atom. The van der Waals surface area contributed by atoms with Gasteiger partial charge in [0.15, 0.2) is 5.16 Å². The van der Waals surface area contributed by atoms with E-state index in [0.29, 0.717) is 0 Å². The highest BCUT2D eigenvalue weighted by Gasteiger charge is 2.09. The summed E-state index contributed by atoms with van der Waals surface area (Å²) in [6.45, 7) is 0. The highest BCUT2D eigenvalue weighted by molar-refractivity contribution is 7.99. The van der Waals surface area contributed by atoms with Gasteiger partial charge in [0.25, 0.3) is 0 Å². The lowest BCUT2D eigenvalue weighted by Crippen LogP contribution is -1.77. The highest BCUT2D eigenvalue weighted by atomic mass is 32.2. The first-order valence-corrected chi connectivity index (χ1v) is 8.96. The van der Waals surface area contributed by atoms with Crippen LogP contribution in [0.25, 0.3) is 11.0 Å². The van der Waals surface area contributed by atoms with Crippen LogP contribution in [0.5, 0.6) is 0 Å². The number of nitrogens with zero attached hydrogens (tertiary/aromatic N) is 1. The molecular formula is C19H14N2S2. The molecule has 0 saturated carbocycles. The third kappa shape index (κ3) is 3.28. The van der Waals surface area contributed by atoms with E-state index in [1.54, 1.807) is 23.5 Å². The van der Waals surface area contributed by atoms with Crippen LogP contribution in [-0.2, 0) is 0 Å². The summed E-state index contributed by atoms with van der Waals surface area (Å²) in [4.78, 5) is 11.8. The first kappa shape index (κ1) is 14.4. The van der Waals surface area contributed by atoms with E-state index in [1.165, 1.54) is 14.7 Å². The molecule has 1 N–H and O–H groups in total. The quantitative estimate of drug-likeness (QED) is 0.506. The minimum absolute atomic E-state index is 0.923. The Morgan fingerprint density at radius 3 is 2.00 bits per heavy atom. The lowest BCUT2D eigenvalue weighted by Gasteiger charge is -2.01. The van der Waals surface area contributed by atoms with Crippen LogP contribution in [0.15, 0.2) is 98.7 Å². The van der Waals surface area contributed by atoms with E-state index in [9.17, 15) is 0 Å². The van der Waals surface area contributed by atoms with Gasteiger partial charge in [0.05, 0.1) is 5.52 Å². The largest absolute Gasteiger partial charge is 0.333 e. The lowest BCUT2D eigenvalue weighted by molar-refractivity contribution is 1.08. The van der Waals surface area contributed by atoms with E-state index in [4.69, 9.17) is 4.98 Å². The summed E-state index contributed by atoms with van der Waals surface area (Å²) < 4.78 is 0. The Kier molecular flexibility index (Phi) is 4.09. The predicted molar refractivity (Wildman–Crippen MR) is 97.2 cm³/mol. The minimum atomic E-state index is 0.923. The molecule has 2 nitrogen and oxygen atoms in total. The van der Waals surface area contributed by atoms with Gasteiger partial charge in [-0.05, 0) is 36.4 Å². The third-order valence-corrected chi connectivity index (χ3v) is 5.33. The van der Waals surface area contributed by atoms with Gasteiger partial charge in [0, 0.05) is 14.7 Å². The van der Waals surface area contributed by atoms with Crippen molar-refractivity contribution in [2.24, 2.45) is 0 Å². The van der Waals surface area contributed by atoms with Crippen molar-refractivity contribution in [3.63, 3.8) is 0 Å². The average Bonchev–Trinajstić information content (AvgIpc) is 3.00. The van der Waals surface area contributed by atoms with Crippen LogP contribution >= 0.6 is 23.5 Å². The van der Waals surface area contributed by atoms with Gasteiger partial charge in [0.2, 0.25) is 0 Å². The van der Waals surface area contributed by atoms with Crippen molar-refractivity contribution in [1.29, 1.82) is 0 Å². The molecule has 112 valence electrons. The molecule has 0 amide bonds. The first-order chi connectivity index (χ1) is 11.4.